The zero-order valence-corrected chi connectivity index (χ0v) is 13.0. The van der Waals surface area contributed by atoms with Gasteiger partial charge in [-0.1, -0.05) is 20.8 Å². The lowest BCUT2D eigenvalue weighted by Gasteiger charge is -2.25. The summed E-state index contributed by atoms with van der Waals surface area (Å²) in [4.78, 5) is 10.6. The molecule has 0 aliphatic carbocycles. The number of aryl methyl sites for hydroxylation is 1. The number of aromatic nitrogens is 2. The van der Waals surface area contributed by atoms with Gasteiger partial charge in [-0.3, -0.25) is 9.48 Å². The van der Waals surface area contributed by atoms with Crippen molar-refractivity contribution in [1.29, 1.82) is 0 Å². The number of rotatable bonds is 6. The smallest absolute Gasteiger partial charge is 0.305 e. The Kier molecular flexibility index (Phi) is 4.93. The van der Waals surface area contributed by atoms with Crippen molar-refractivity contribution in [2.45, 2.75) is 38.6 Å². The second kappa shape index (κ2) is 5.92. The van der Waals surface area contributed by atoms with Crippen molar-refractivity contribution >= 4 is 16.0 Å². The van der Waals surface area contributed by atoms with E-state index in [4.69, 9.17) is 5.11 Å². The van der Waals surface area contributed by atoms with Crippen molar-refractivity contribution in [2.75, 3.05) is 13.6 Å². The lowest BCUT2D eigenvalue weighted by Crippen LogP contribution is -2.34. The van der Waals surface area contributed by atoms with Gasteiger partial charge in [0.1, 0.15) is 4.90 Å². The van der Waals surface area contributed by atoms with Crippen molar-refractivity contribution in [3.05, 3.63) is 12.4 Å². The number of aliphatic carboxylic acids is 1. The SMILES string of the molecule is CN(CC(C)(C)C)S(=O)(=O)c1cnn(CCC(=O)O)c1. The number of hydrogen-bond acceptors (Lipinski definition) is 4. The number of carboxylic acids is 1. The molecule has 1 heterocycles. The number of nitrogens with zero attached hydrogens (tertiary/aromatic N) is 3. The molecule has 0 atom stereocenters. The summed E-state index contributed by atoms with van der Waals surface area (Å²) in [5.74, 6) is -0.949. The zero-order valence-electron chi connectivity index (χ0n) is 12.2. The molecule has 0 saturated carbocycles. The minimum Gasteiger partial charge on any atom is -0.481 e. The van der Waals surface area contributed by atoms with Crippen LogP contribution < -0.4 is 0 Å². The van der Waals surface area contributed by atoms with Crippen molar-refractivity contribution < 1.29 is 18.3 Å². The molecule has 0 radical (unpaired) electrons. The third-order valence-electron chi connectivity index (χ3n) is 2.57. The predicted octanol–water partition coefficient (Wildman–Crippen LogP) is 1.02. The second-order valence-electron chi connectivity index (χ2n) is 5.90. The second-order valence-corrected chi connectivity index (χ2v) is 7.95. The van der Waals surface area contributed by atoms with Gasteiger partial charge in [0.15, 0.2) is 0 Å². The van der Waals surface area contributed by atoms with Gasteiger partial charge in [-0.2, -0.15) is 5.10 Å². The molecule has 0 aliphatic rings. The Bertz CT molecular complexity index is 572. The quantitative estimate of drug-likeness (QED) is 0.847. The number of carboxylic acid groups (broad SMARTS) is 1. The number of sulfonamides is 1. The van der Waals surface area contributed by atoms with Crippen LogP contribution >= 0.6 is 0 Å². The topological polar surface area (TPSA) is 92.5 Å². The lowest BCUT2D eigenvalue weighted by molar-refractivity contribution is -0.137. The van der Waals surface area contributed by atoms with Gasteiger partial charge < -0.3 is 5.11 Å². The molecule has 114 valence electrons. The van der Waals surface area contributed by atoms with Gasteiger partial charge in [0.2, 0.25) is 10.0 Å². The first-order valence-corrected chi connectivity index (χ1v) is 7.67. The Balaban J connectivity index is 2.85. The molecule has 20 heavy (non-hydrogen) atoms. The average Bonchev–Trinajstić information content (AvgIpc) is 2.72. The molecule has 1 aromatic heterocycles. The van der Waals surface area contributed by atoms with Crippen molar-refractivity contribution in [3.63, 3.8) is 0 Å². The summed E-state index contributed by atoms with van der Waals surface area (Å²) in [6, 6.07) is 0. The molecule has 0 fully saturated rings. The molecular weight excluding hydrogens is 282 g/mol. The highest BCUT2D eigenvalue weighted by molar-refractivity contribution is 7.89. The molecule has 0 amide bonds. The van der Waals surface area contributed by atoms with Crippen LogP contribution in [-0.2, 0) is 21.4 Å². The average molecular weight is 303 g/mol. The van der Waals surface area contributed by atoms with Gasteiger partial charge in [0.25, 0.3) is 0 Å². The fraction of sp³-hybridized carbons (Fsp3) is 0.667. The Morgan fingerprint density at radius 1 is 1.45 bits per heavy atom. The summed E-state index contributed by atoms with van der Waals surface area (Å²) in [6.07, 6.45) is 2.51. The molecule has 0 saturated heterocycles. The third-order valence-corrected chi connectivity index (χ3v) is 4.33. The van der Waals surface area contributed by atoms with Crippen molar-refractivity contribution in [2.24, 2.45) is 5.41 Å². The van der Waals surface area contributed by atoms with E-state index in [0.29, 0.717) is 6.54 Å². The van der Waals surface area contributed by atoms with E-state index in [1.807, 2.05) is 20.8 Å². The highest BCUT2D eigenvalue weighted by Crippen LogP contribution is 2.20. The van der Waals surface area contributed by atoms with Crippen molar-refractivity contribution in [1.82, 2.24) is 14.1 Å². The van der Waals surface area contributed by atoms with Gasteiger partial charge >= 0.3 is 5.97 Å². The highest BCUT2D eigenvalue weighted by atomic mass is 32.2. The standard InChI is InChI=1S/C12H21N3O4S/c1-12(2,3)9-14(4)20(18,19)10-7-13-15(8-10)6-5-11(16)17/h7-8H,5-6,9H2,1-4H3,(H,16,17). The lowest BCUT2D eigenvalue weighted by atomic mass is 9.97. The first kappa shape index (κ1) is 16.6. The number of carbonyl (C=O) groups is 1. The molecule has 0 bridgehead atoms. The fourth-order valence-electron chi connectivity index (χ4n) is 1.74. The summed E-state index contributed by atoms with van der Waals surface area (Å²) in [5.41, 5.74) is -0.152. The van der Waals surface area contributed by atoms with E-state index in [2.05, 4.69) is 5.10 Å². The molecule has 8 heteroatoms. The van der Waals surface area contributed by atoms with Crippen molar-refractivity contribution in [3.8, 4) is 0 Å². The number of hydrogen-bond donors (Lipinski definition) is 1. The Hall–Kier alpha value is -1.41. The van der Waals surface area contributed by atoms with Crippen LogP contribution in [0.1, 0.15) is 27.2 Å². The Morgan fingerprint density at radius 2 is 2.05 bits per heavy atom. The highest BCUT2D eigenvalue weighted by Gasteiger charge is 2.26. The maximum atomic E-state index is 12.3. The normalized spacial score (nSPS) is 12.8. The third kappa shape index (κ3) is 4.61. The molecule has 0 aliphatic heterocycles. The maximum absolute atomic E-state index is 12.3. The van der Waals surface area contributed by atoms with E-state index in [1.165, 1.54) is 28.4 Å². The Labute approximate surface area is 119 Å². The maximum Gasteiger partial charge on any atom is 0.305 e. The van der Waals surface area contributed by atoms with E-state index in [0.717, 1.165) is 0 Å². The summed E-state index contributed by atoms with van der Waals surface area (Å²) < 4.78 is 27.2. The first-order valence-electron chi connectivity index (χ1n) is 6.23. The first-order chi connectivity index (χ1) is 9.02. The molecule has 7 nitrogen and oxygen atoms in total. The van der Waals surface area contributed by atoms with Crippen LogP contribution in [0.3, 0.4) is 0 Å². The van der Waals surface area contributed by atoms with Crippen LogP contribution in [-0.4, -0.2) is 47.2 Å². The van der Waals surface area contributed by atoms with E-state index in [1.54, 1.807) is 0 Å². The zero-order chi connectivity index (χ0) is 15.6. The Morgan fingerprint density at radius 3 is 2.55 bits per heavy atom. The monoisotopic (exact) mass is 303 g/mol. The summed E-state index contributed by atoms with van der Waals surface area (Å²) in [7, 11) is -2.06. The van der Waals surface area contributed by atoms with Crippen LogP contribution in [0.15, 0.2) is 17.3 Å². The van der Waals surface area contributed by atoms with Gasteiger partial charge in [-0.15, -0.1) is 0 Å². The summed E-state index contributed by atoms with van der Waals surface area (Å²) in [5, 5.41) is 12.5. The largest absolute Gasteiger partial charge is 0.481 e. The van der Waals surface area contributed by atoms with Crippen LogP contribution in [0.25, 0.3) is 0 Å². The van der Waals surface area contributed by atoms with E-state index < -0.39 is 16.0 Å². The minimum absolute atomic E-state index is 0.0784. The predicted molar refractivity (Wildman–Crippen MR) is 73.8 cm³/mol. The van der Waals surface area contributed by atoms with Gasteiger partial charge in [0, 0.05) is 19.8 Å². The summed E-state index contributed by atoms with van der Waals surface area (Å²) >= 11 is 0. The molecule has 1 N–H and O–H groups in total. The minimum atomic E-state index is -3.59. The van der Waals surface area contributed by atoms with Gasteiger partial charge in [0.05, 0.1) is 19.2 Å². The van der Waals surface area contributed by atoms with E-state index >= 15 is 0 Å². The van der Waals surface area contributed by atoms with Crippen LogP contribution in [0, 0.1) is 5.41 Å². The van der Waals surface area contributed by atoms with Crippen LogP contribution in [0.4, 0.5) is 0 Å². The molecule has 0 unspecified atom stereocenters. The van der Waals surface area contributed by atoms with E-state index in [-0.39, 0.29) is 23.3 Å². The van der Waals surface area contributed by atoms with E-state index in [9.17, 15) is 13.2 Å². The summed E-state index contributed by atoms with van der Waals surface area (Å²) in [6.45, 7) is 6.39. The fourth-order valence-corrected chi connectivity index (χ4v) is 3.10. The molecule has 1 aromatic rings. The molecule has 1 rings (SSSR count). The van der Waals surface area contributed by atoms with Gasteiger partial charge in [-0.05, 0) is 5.41 Å². The molecular formula is C12H21N3O4S. The van der Waals surface area contributed by atoms with Gasteiger partial charge in [-0.25, -0.2) is 12.7 Å². The van der Waals surface area contributed by atoms with Crippen LogP contribution in [0.2, 0.25) is 0 Å². The van der Waals surface area contributed by atoms with Crippen LogP contribution in [0.5, 0.6) is 0 Å². The molecule has 0 aromatic carbocycles. The molecule has 0 spiro atoms.